The van der Waals surface area contributed by atoms with Gasteiger partial charge in [0.05, 0.1) is 5.56 Å². The maximum Gasteiger partial charge on any atom is 0.167 e. The molecule has 2 aromatic heterocycles. The summed E-state index contributed by atoms with van der Waals surface area (Å²) in [6, 6.07) is 13.8. The van der Waals surface area contributed by atoms with Gasteiger partial charge in [-0.15, -0.1) is 0 Å². The molecule has 6 nitrogen and oxygen atoms in total. The minimum Gasteiger partial charge on any atom is -0.356 e. The van der Waals surface area contributed by atoms with Crippen LogP contribution in [0.3, 0.4) is 0 Å². The largest absolute Gasteiger partial charge is 0.356 e. The van der Waals surface area contributed by atoms with Gasteiger partial charge < -0.3 is 9.42 Å². The average Bonchev–Trinajstić information content (AvgIpc) is 3.05. The fourth-order valence-corrected chi connectivity index (χ4v) is 3.12. The van der Waals surface area contributed by atoms with Crippen molar-refractivity contribution < 1.29 is 4.52 Å². The average molecular weight is 319 g/mol. The molecule has 120 valence electrons. The van der Waals surface area contributed by atoms with Gasteiger partial charge in [0, 0.05) is 44.3 Å². The first kappa shape index (κ1) is 14.7. The molecular weight excluding hydrogens is 302 g/mol. The predicted octanol–water partition coefficient (Wildman–Crippen LogP) is 2.42. The smallest absolute Gasteiger partial charge is 0.167 e. The number of hydrogen-bond acceptors (Lipinski definition) is 6. The van der Waals surface area contributed by atoms with E-state index in [-0.39, 0.29) is 0 Å². The van der Waals surface area contributed by atoms with Crippen LogP contribution in [0.4, 0.5) is 5.82 Å². The second kappa shape index (κ2) is 6.30. The summed E-state index contributed by atoms with van der Waals surface area (Å²) in [4.78, 5) is 8.91. The van der Waals surface area contributed by atoms with Crippen molar-refractivity contribution in [1.82, 2.24) is 15.0 Å². The number of rotatable bonds is 3. The molecule has 1 aromatic carbocycles. The normalized spacial score (nSPS) is 15.5. The molecule has 0 spiro atoms. The Morgan fingerprint density at radius 3 is 2.75 bits per heavy atom. The summed E-state index contributed by atoms with van der Waals surface area (Å²) in [6.07, 6.45) is 1.74. The molecule has 6 heteroatoms. The highest BCUT2D eigenvalue weighted by atomic mass is 16.5. The molecular formula is C18H17N5O. The third-order valence-corrected chi connectivity index (χ3v) is 4.40. The lowest BCUT2D eigenvalue weighted by Crippen LogP contribution is -2.46. The van der Waals surface area contributed by atoms with Gasteiger partial charge >= 0.3 is 0 Å². The molecule has 3 aromatic rings. The molecule has 0 bridgehead atoms. The zero-order valence-electron chi connectivity index (χ0n) is 13.2. The van der Waals surface area contributed by atoms with Crippen LogP contribution in [0.15, 0.2) is 47.1 Å². The summed E-state index contributed by atoms with van der Waals surface area (Å²) in [5.41, 5.74) is 2.45. The Bertz CT molecular complexity index is 890. The van der Waals surface area contributed by atoms with Crippen molar-refractivity contribution in [2.75, 3.05) is 31.1 Å². The van der Waals surface area contributed by atoms with Gasteiger partial charge in [-0.05, 0) is 24.3 Å². The van der Waals surface area contributed by atoms with Crippen molar-refractivity contribution in [3.63, 3.8) is 0 Å². The van der Waals surface area contributed by atoms with Crippen LogP contribution >= 0.6 is 0 Å². The van der Waals surface area contributed by atoms with E-state index in [0.29, 0.717) is 5.56 Å². The lowest BCUT2D eigenvalue weighted by atomic mass is 10.2. The molecule has 4 rings (SSSR count). The first-order chi connectivity index (χ1) is 11.8. The maximum atomic E-state index is 9.23. The van der Waals surface area contributed by atoms with E-state index in [1.54, 1.807) is 12.3 Å². The first-order valence-electron chi connectivity index (χ1n) is 8.01. The zero-order valence-corrected chi connectivity index (χ0v) is 13.2. The van der Waals surface area contributed by atoms with E-state index in [1.807, 2.05) is 30.3 Å². The summed E-state index contributed by atoms with van der Waals surface area (Å²) in [5, 5.41) is 14.5. The summed E-state index contributed by atoms with van der Waals surface area (Å²) in [5.74, 6) is 0.784. The number of anilines is 1. The molecule has 3 heterocycles. The quantitative estimate of drug-likeness (QED) is 0.738. The topological polar surface area (TPSA) is 69.2 Å². The number of pyridine rings is 1. The molecule has 0 aliphatic carbocycles. The van der Waals surface area contributed by atoms with Crippen molar-refractivity contribution in [2.24, 2.45) is 0 Å². The summed E-state index contributed by atoms with van der Waals surface area (Å²) >= 11 is 0. The second-order valence-electron chi connectivity index (χ2n) is 5.87. The Kier molecular flexibility index (Phi) is 3.85. The van der Waals surface area contributed by atoms with Gasteiger partial charge in [0.25, 0.3) is 0 Å². The monoisotopic (exact) mass is 319 g/mol. The van der Waals surface area contributed by atoms with Crippen LogP contribution in [0.1, 0.15) is 11.3 Å². The second-order valence-corrected chi connectivity index (χ2v) is 5.87. The van der Waals surface area contributed by atoms with Crippen LogP contribution in [0.2, 0.25) is 0 Å². The first-order valence-corrected chi connectivity index (χ1v) is 8.01. The standard InChI is InChI=1S/C18H17N5O/c19-12-14-4-3-7-20-18(14)23-10-8-22(9-11-23)13-16-15-5-1-2-6-17(15)24-21-16/h1-7H,8-11,13H2. The Morgan fingerprint density at radius 1 is 1.08 bits per heavy atom. The number of aromatic nitrogens is 2. The van der Waals surface area contributed by atoms with Crippen LogP contribution in [0.5, 0.6) is 0 Å². The van der Waals surface area contributed by atoms with E-state index in [1.165, 1.54) is 0 Å². The Morgan fingerprint density at radius 2 is 1.92 bits per heavy atom. The molecule has 1 fully saturated rings. The number of fused-ring (bicyclic) bond motifs is 1. The minimum absolute atomic E-state index is 0.633. The fourth-order valence-electron chi connectivity index (χ4n) is 3.12. The number of piperazine rings is 1. The summed E-state index contributed by atoms with van der Waals surface area (Å²) in [7, 11) is 0. The summed E-state index contributed by atoms with van der Waals surface area (Å²) in [6.45, 7) is 4.28. The predicted molar refractivity (Wildman–Crippen MR) is 90.5 cm³/mol. The van der Waals surface area contributed by atoms with E-state index < -0.39 is 0 Å². The number of para-hydroxylation sites is 1. The highest BCUT2D eigenvalue weighted by molar-refractivity contribution is 5.79. The van der Waals surface area contributed by atoms with Crippen molar-refractivity contribution in [3.05, 3.63) is 53.9 Å². The van der Waals surface area contributed by atoms with Gasteiger partial charge in [-0.3, -0.25) is 4.90 Å². The van der Waals surface area contributed by atoms with Crippen molar-refractivity contribution >= 4 is 16.8 Å². The fraction of sp³-hybridized carbons (Fsp3) is 0.278. The van der Waals surface area contributed by atoms with E-state index in [0.717, 1.165) is 55.2 Å². The highest BCUT2D eigenvalue weighted by Gasteiger charge is 2.21. The minimum atomic E-state index is 0.633. The van der Waals surface area contributed by atoms with E-state index in [9.17, 15) is 5.26 Å². The third-order valence-electron chi connectivity index (χ3n) is 4.40. The molecule has 0 amide bonds. The molecule has 1 aliphatic rings. The SMILES string of the molecule is N#Cc1cccnc1N1CCN(Cc2noc3ccccc23)CC1. The summed E-state index contributed by atoms with van der Waals surface area (Å²) < 4.78 is 5.38. The Hall–Kier alpha value is -2.91. The lowest BCUT2D eigenvalue weighted by molar-refractivity contribution is 0.243. The number of nitrogens with zero attached hydrogens (tertiary/aromatic N) is 5. The van der Waals surface area contributed by atoms with Gasteiger partial charge in [-0.25, -0.2) is 4.98 Å². The molecule has 0 saturated carbocycles. The Balaban J connectivity index is 1.44. The molecule has 24 heavy (non-hydrogen) atoms. The number of nitriles is 1. The van der Waals surface area contributed by atoms with Crippen LogP contribution in [0.25, 0.3) is 11.0 Å². The van der Waals surface area contributed by atoms with Gasteiger partial charge in [-0.1, -0.05) is 17.3 Å². The van der Waals surface area contributed by atoms with E-state index >= 15 is 0 Å². The lowest BCUT2D eigenvalue weighted by Gasteiger charge is -2.35. The molecule has 0 radical (unpaired) electrons. The van der Waals surface area contributed by atoms with Gasteiger partial charge in [-0.2, -0.15) is 5.26 Å². The third kappa shape index (κ3) is 2.70. The zero-order chi connectivity index (χ0) is 16.4. The van der Waals surface area contributed by atoms with Gasteiger partial charge in [0.1, 0.15) is 17.6 Å². The highest BCUT2D eigenvalue weighted by Crippen LogP contribution is 2.21. The van der Waals surface area contributed by atoms with Crippen LogP contribution < -0.4 is 4.90 Å². The number of hydrogen-bond donors (Lipinski definition) is 0. The van der Waals surface area contributed by atoms with Crippen molar-refractivity contribution in [1.29, 1.82) is 5.26 Å². The molecule has 1 aliphatic heterocycles. The van der Waals surface area contributed by atoms with Gasteiger partial charge in [0.2, 0.25) is 0 Å². The Labute approximate surface area is 139 Å². The van der Waals surface area contributed by atoms with Crippen molar-refractivity contribution in [3.8, 4) is 6.07 Å². The van der Waals surface area contributed by atoms with Crippen molar-refractivity contribution in [2.45, 2.75) is 6.54 Å². The van der Waals surface area contributed by atoms with Crippen LogP contribution in [-0.2, 0) is 6.54 Å². The molecule has 0 N–H and O–H groups in total. The van der Waals surface area contributed by atoms with Crippen LogP contribution in [-0.4, -0.2) is 41.2 Å². The van der Waals surface area contributed by atoms with Crippen LogP contribution in [0, 0.1) is 11.3 Å². The molecule has 0 atom stereocenters. The maximum absolute atomic E-state index is 9.23. The van der Waals surface area contributed by atoms with Gasteiger partial charge in [0.15, 0.2) is 5.58 Å². The molecule has 0 unspecified atom stereocenters. The van der Waals surface area contributed by atoms with E-state index in [4.69, 9.17) is 4.52 Å². The van der Waals surface area contributed by atoms with E-state index in [2.05, 4.69) is 26.0 Å². The number of benzene rings is 1. The molecule has 1 saturated heterocycles.